The summed E-state index contributed by atoms with van der Waals surface area (Å²) in [5.74, 6) is -1.48. The van der Waals surface area contributed by atoms with Crippen molar-refractivity contribution in [2.45, 2.75) is 63.8 Å². The summed E-state index contributed by atoms with van der Waals surface area (Å²) in [4.78, 5) is 53.3. The molecule has 0 bridgehead atoms. The molecule has 2 aromatic carbocycles. The topological polar surface area (TPSA) is 133 Å². The smallest absolute Gasteiger partial charge is 0.480 e. The number of nitrogens with zero attached hydrogens (tertiary/aromatic N) is 2. The maximum absolute atomic E-state index is 14.1. The molecule has 0 aromatic heterocycles. The number of ether oxygens (including phenoxy) is 1. The van der Waals surface area contributed by atoms with Gasteiger partial charge in [0, 0.05) is 31.0 Å². The van der Waals surface area contributed by atoms with Crippen molar-refractivity contribution in [2.24, 2.45) is 0 Å². The molecule has 0 saturated carbocycles. The van der Waals surface area contributed by atoms with Crippen LogP contribution in [0.3, 0.4) is 0 Å². The van der Waals surface area contributed by atoms with Crippen LogP contribution in [-0.2, 0) is 27.4 Å². The summed E-state index contributed by atoms with van der Waals surface area (Å²) in [6.45, 7) is 1.90. The Morgan fingerprint density at radius 1 is 1.05 bits per heavy atom. The van der Waals surface area contributed by atoms with Crippen LogP contribution < -0.4 is 5.32 Å². The highest BCUT2D eigenvalue weighted by molar-refractivity contribution is 7.80. The maximum Gasteiger partial charge on any atom is 0.521 e. The van der Waals surface area contributed by atoms with Crippen molar-refractivity contribution in [1.82, 2.24) is 10.2 Å². The lowest BCUT2D eigenvalue weighted by molar-refractivity contribution is -0.793. The summed E-state index contributed by atoms with van der Waals surface area (Å²) in [7, 11) is 0. The van der Waals surface area contributed by atoms with E-state index >= 15 is 0 Å². The first kappa shape index (κ1) is 33.4. The van der Waals surface area contributed by atoms with E-state index in [1.807, 2.05) is 42.5 Å². The standard InChI is InChI=1S/C30H38ClN3O7S/c1-21-6-5-18-34(21,30(39)40)27(35)25(15-19-42)33(17-16-32-29(38)41-20-23-7-3-2-4-8-23)26(28(36)37)14-11-22-9-12-24(31)13-10-22/h2-4,7-10,12-13,21,25-26H,5-6,11,14-20H2,1H3,(H3-,32,36,37,38,39,40,42)/p+1/t21?,25-,26?,34-/m0/s1. The number of thiol groups is 1. The van der Waals surface area contributed by atoms with E-state index in [1.165, 1.54) is 4.90 Å². The second kappa shape index (κ2) is 15.9. The van der Waals surface area contributed by atoms with Crippen LogP contribution in [0.25, 0.3) is 0 Å². The van der Waals surface area contributed by atoms with Gasteiger partial charge in [0.1, 0.15) is 24.7 Å². The van der Waals surface area contributed by atoms with Gasteiger partial charge in [0.05, 0.1) is 6.54 Å². The Morgan fingerprint density at radius 3 is 2.31 bits per heavy atom. The average molecular weight is 621 g/mol. The quantitative estimate of drug-likeness (QED) is 0.174. The molecule has 3 N–H and O–H groups in total. The van der Waals surface area contributed by atoms with Crippen molar-refractivity contribution in [3.05, 3.63) is 70.7 Å². The van der Waals surface area contributed by atoms with E-state index in [9.17, 15) is 29.4 Å². The highest BCUT2D eigenvalue weighted by Crippen LogP contribution is 2.31. The third-order valence-electron chi connectivity index (χ3n) is 7.86. The first-order chi connectivity index (χ1) is 20.1. The van der Waals surface area contributed by atoms with Crippen LogP contribution in [0.2, 0.25) is 5.02 Å². The Bertz CT molecular complexity index is 1220. The van der Waals surface area contributed by atoms with Gasteiger partial charge in [-0.15, -0.1) is 0 Å². The average Bonchev–Trinajstić information content (AvgIpc) is 3.37. The number of quaternary nitrogens is 1. The number of rotatable bonds is 14. The number of aliphatic carboxylic acids is 1. The molecule has 2 unspecified atom stereocenters. The van der Waals surface area contributed by atoms with Crippen molar-refractivity contribution >= 4 is 48.3 Å². The first-order valence-electron chi connectivity index (χ1n) is 14.0. The number of carbonyl (C=O) groups is 4. The van der Waals surface area contributed by atoms with Crippen LogP contribution in [0.15, 0.2) is 54.6 Å². The number of carboxylic acid groups (broad SMARTS) is 2. The number of hydrogen-bond donors (Lipinski definition) is 4. The van der Waals surface area contributed by atoms with Gasteiger partial charge in [-0.05, 0) is 55.2 Å². The fourth-order valence-corrected chi connectivity index (χ4v) is 5.95. The Balaban J connectivity index is 1.84. The molecule has 1 heterocycles. The molecule has 1 aliphatic heterocycles. The lowest BCUT2D eigenvalue weighted by atomic mass is 10.00. The number of likely N-dealkylation sites (tertiary alicyclic amines) is 1. The predicted octanol–water partition coefficient (Wildman–Crippen LogP) is 4.85. The van der Waals surface area contributed by atoms with Gasteiger partial charge in [0.15, 0.2) is 0 Å². The van der Waals surface area contributed by atoms with Crippen LogP contribution >= 0.6 is 24.2 Å². The number of benzene rings is 2. The molecule has 1 aliphatic rings. The first-order valence-corrected chi connectivity index (χ1v) is 15.0. The number of amides is 3. The number of hydrogen-bond acceptors (Lipinski definition) is 7. The third-order valence-corrected chi connectivity index (χ3v) is 8.38. The van der Waals surface area contributed by atoms with Crippen molar-refractivity contribution in [3.63, 3.8) is 0 Å². The van der Waals surface area contributed by atoms with E-state index in [1.54, 1.807) is 19.1 Å². The van der Waals surface area contributed by atoms with Gasteiger partial charge in [-0.1, -0.05) is 54.1 Å². The van der Waals surface area contributed by atoms with Gasteiger partial charge in [0.25, 0.3) is 0 Å². The van der Waals surface area contributed by atoms with Crippen molar-refractivity contribution in [3.8, 4) is 0 Å². The number of nitrogens with one attached hydrogen (secondary N) is 1. The van der Waals surface area contributed by atoms with E-state index in [0.717, 1.165) is 11.1 Å². The molecule has 3 rings (SSSR count). The third kappa shape index (κ3) is 8.47. The van der Waals surface area contributed by atoms with Gasteiger partial charge in [-0.2, -0.15) is 21.9 Å². The Kier molecular flexibility index (Phi) is 12.7. The molecule has 42 heavy (non-hydrogen) atoms. The summed E-state index contributed by atoms with van der Waals surface area (Å²) in [5, 5.41) is 23.8. The minimum absolute atomic E-state index is 0.0165. The number of aryl methyl sites for hydroxylation is 1. The highest BCUT2D eigenvalue weighted by Gasteiger charge is 2.56. The normalized spacial score (nSPS) is 19.7. The van der Waals surface area contributed by atoms with E-state index in [-0.39, 0.29) is 44.8 Å². The zero-order valence-electron chi connectivity index (χ0n) is 23.7. The van der Waals surface area contributed by atoms with Gasteiger partial charge in [-0.25, -0.2) is 9.59 Å². The van der Waals surface area contributed by atoms with Gasteiger partial charge in [0.2, 0.25) is 0 Å². The molecular weight excluding hydrogens is 582 g/mol. The summed E-state index contributed by atoms with van der Waals surface area (Å²) in [6.07, 6.45) is -0.121. The van der Waals surface area contributed by atoms with E-state index in [4.69, 9.17) is 16.3 Å². The molecular formula is C30H39ClN3O7S+. The molecule has 228 valence electrons. The number of imide groups is 1. The van der Waals surface area contributed by atoms with E-state index < -0.39 is 46.7 Å². The molecule has 0 aliphatic carbocycles. The van der Waals surface area contributed by atoms with Gasteiger partial charge < -0.3 is 20.3 Å². The van der Waals surface area contributed by atoms with Crippen LogP contribution in [0.1, 0.15) is 43.7 Å². The summed E-state index contributed by atoms with van der Waals surface area (Å²) in [6, 6.07) is 13.6. The Morgan fingerprint density at radius 2 is 1.74 bits per heavy atom. The van der Waals surface area contributed by atoms with Crippen molar-refractivity contribution in [1.29, 1.82) is 0 Å². The SMILES string of the molecule is CC1CCC[N@@+]1(C(=O)O)C(=O)[C@H](CCS)N(CCNC(=O)OCc1ccccc1)C(CCc1ccc(Cl)cc1)C(=O)O. The van der Waals surface area contributed by atoms with Crippen molar-refractivity contribution in [2.75, 3.05) is 25.4 Å². The van der Waals surface area contributed by atoms with Gasteiger partial charge >= 0.3 is 24.1 Å². The van der Waals surface area contributed by atoms with E-state index in [2.05, 4.69) is 17.9 Å². The van der Waals surface area contributed by atoms with Crippen LogP contribution in [0.5, 0.6) is 0 Å². The van der Waals surface area contributed by atoms with Crippen LogP contribution in [0.4, 0.5) is 9.59 Å². The molecule has 1 fully saturated rings. The molecule has 3 amide bonds. The number of alkyl carbamates (subject to hydrolysis) is 1. The fraction of sp³-hybridized carbons (Fsp3) is 0.467. The molecule has 4 atom stereocenters. The molecule has 1 saturated heterocycles. The van der Waals surface area contributed by atoms with Crippen LogP contribution in [-0.4, -0.2) is 87.2 Å². The molecule has 2 aromatic rings. The zero-order valence-corrected chi connectivity index (χ0v) is 25.3. The molecule has 0 spiro atoms. The minimum atomic E-state index is -1.25. The summed E-state index contributed by atoms with van der Waals surface area (Å²) in [5.41, 5.74) is 1.68. The highest BCUT2D eigenvalue weighted by atomic mass is 35.5. The second-order valence-electron chi connectivity index (χ2n) is 10.5. The lowest BCUT2D eigenvalue weighted by Gasteiger charge is -2.39. The predicted molar refractivity (Wildman–Crippen MR) is 162 cm³/mol. The maximum atomic E-state index is 14.1. The van der Waals surface area contributed by atoms with E-state index in [0.29, 0.717) is 24.3 Å². The van der Waals surface area contributed by atoms with Crippen LogP contribution in [0, 0.1) is 0 Å². The fourth-order valence-electron chi connectivity index (χ4n) is 5.58. The minimum Gasteiger partial charge on any atom is -0.480 e. The monoisotopic (exact) mass is 620 g/mol. The molecule has 0 radical (unpaired) electrons. The number of carboxylic acids is 1. The lowest BCUT2D eigenvalue weighted by Crippen LogP contribution is -2.66. The summed E-state index contributed by atoms with van der Waals surface area (Å²) >= 11 is 10.3. The number of halogens is 1. The molecule has 10 nitrogen and oxygen atoms in total. The van der Waals surface area contributed by atoms with Crippen molar-refractivity contribution < 1.29 is 38.6 Å². The summed E-state index contributed by atoms with van der Waals surface area (Å²) < 4.78 is 4.52. The largest absolute Gasteiger partial charge is 0.521 e. The number of carbonyl (C=O) groups excluding carboxylic acids is 2. The zero-order chi connectivity index (χ0) is 30.7. The molecule has 12 heteroatoms. The second-order valence-corrected chi connectivity index (χ2v) is 11.4. The van der Waals surface area contributed by atoms with Gasteiger partial charge in [-0.3, -0.25) is 9.69 Å². The Labute approximate surface area is 256 Å². The Hall–Kier alpha value is -3.12.